The molecule has 0 saturated heterocycles. The van der Waals surface area contributed by atoms with E-state index >= 15 is 0 Å². The van der Waals surface area contributed by atoms with Crippen LogP contribution >= 0.6 is 0 Å². The molecule has 2 aromatic rings. The summed E-state index contributed by atoms with van der Waals surface area (Å²) in [7, 11) is 0. The Morgan fingerprint density at radius 3 is 2.68 bits per heavy atom. The quantitative estimate of drug-likeness (QED) is 0.898. The van der Waals surface area contributed by atoms with Crippen LogP contribution in [0.15, 0.2) is 28.8 Å². The van der Waals surface area contributed by atoms with E-state index in [1.165, 1.54) is 4.90 Å². The standard InChI is InChI=1S/C15H15N3O4/c1-8-13(9(2)22-17-8)15(20)18-7-12(14(16)19)21-11-6-4-3-5-10(11)18/h3-6,12H,7H2,1-2H3,(H2,16,19)/t12-/m0/s1. The summed E-state index contributed by atoms with van der Waals surface area (Å²) in [5, 5.41) is 3.80. The van der Waals surface area contributed by atoms with Crippen molar-refractivity contribution in [3.05, 3.63) is 41.3 Å². The number of hydrogen-bond acceptors (Lipinski definition) is 5. The zero-order chi connectivity index (χ0) is 15.9. The van der Waals surface area contributed by atoms with Gasteiger partial charge in [0, 0.05) is 0 Å². The second-order valence-electron chi connectivity index (χ2n) is 5.09. The van der Waals surface area contributed by atoms with Gasteiger partial charge < -0.3 is 19.9 Å². The molecule has 0 aliphatic carbocycles. The minimum absolute atomic E-state index is 0.0508. The van der Waals surface area contributed by atoms with Crippen LogP contribution in [0.3, 0.4) is 0 Å². The van der Waals surface area contributed by atoms with Crippen molar-refractivity contribution in [2.45, 2.75) is 20.0 Å². The van der Waals surface area contributed by atoms with E-state index in [0.29, 0.717) is 28.5 Å². The fourth-order valence-corrected chi connectivity index (χ4v) is 2.50. The number of nitrogens with zero attached hydrogens (tertiary/aromatic N) is 2. The number of aryl methyl sites for hydroxylation is 2. The summed E-state index contributed by atoms with van der Waals surface area (Å²) in [6, 6.07) is 7.00. The Morgan fingerprint density at radius 1 is 1.32 bits per heavy atom. The number of fused-ring (bicyclic) bond motifs is 1. The first-order valence-corrected chi connectivity index (χ1v) is 6.78. The monoisotopic (exact) mass is 301 g/mol. The maximum Gasteiger partial charge on any atom is 0.264 e. The largest absolute Gasteiger partial charge is 0.477 e. The number of para-hydroxylation sites is 2. The number of aromatic nitrogens is 1. The second kappa shape index (κ2) is 5.18. The van der Waals surface area contributed by atoms with Gasteiger partial charge >= 0.3 is 0 Å². The van der Waals surface area contributed by atoms with Crippen molar-refractivity contribution in [1.82, 2.24) is 5.16 Å². The molecule has 2 N–H and O–H groups in total. The van der Waals surface area contributed by atoms with Gasteiger partial charge in [-0.1, -0.05) is 17.3 Å². The predicted octanol–water partition coefficient (Wildman–Crippen LogP) is 1.18. The molecule has 0 bridgehead atoms. The van der Waals surface area contributed by atoms with Gasteiger partial charge in [0.2, 0.25) is 0 Å². The average Bonchev–Trinajstić information content (AvgIpc) is 2.84. The molecule has 1 aromatic heterocycles. The van der Waals surface area contributed by atoms with E-state index in [-0.39, 0.29) is 12.5 Å². The first kappa shape index (κ1) is 14.1. The van der Waals surface area contributed by atoms with Gasteiger partial charge in [0.1, 0.15) is 17.1 Å². The molecular weight excluding hydrogens is 286 g/mol. The van der Waals surface area contributed by atoms with Crippen LogP contribution in [0.25, 0.3) is 0 Å². The lowest BCUT2D eigenvalue weighted by molar-refractivity contribution is -0.124. The van der Waals surface area contributed by atoms with Gasteiger partial charge in [-0.05, 0) is 26.0 Å². The van der Waals surface area contributed by atoms with E-state index in [9.17, 15) is 9.59 Å². The number of rotatable bonds is 2. The van der Waals surface area contributed by atoms with E-state index in [0.717, 1.165) is 0 Å². The highest BCUT2D eigenvalue weighted by molar-refractivity contribution is 6.09. The summed E-state index contributed by atoms with van der Waals surface area (Å²) in [6.07, 6.45) is -0.890. The predicted molar refractivity (Wildman–Crippen MR) is 77.7 cm³/mol. The summed E-state index contributed by atoms with van der Waals surface area (Å²) < 4.78 is 10.6. The maximum absolute atomic E-state index is 12.9. The molecule has 1 aliphatic heterocycles. The van der Waals surface area contributed by atoms with Crippen LogP contribution in [-0.2, 0) is 4.79 Å². The molecule has 0 radical (unpaired) electrons. The van der Waals surface area contributed by atoms with Crippen molar-refractivity contribution in [1.29, 1.82) is 0 Å². The van der Waals surface area contributed by atoms with Crippen molar-refractivity contribution < 1.29 is 18.8 Å². The van der Waals surface area contributed by atoms with Gasteiger partial charge in [0.15, 0.2) is 6.10 Å². The summed E-state index contributed by atoms with van der Waals surface area (Å²) in [5.41, 5.74) is 6.81. The Labute approximate surface area is 126 Å². The highest BCUT2D eigenvalue weighted by atomic mass is 16.5. The number of amides is 2. The van der Waals surface area contributed by atoms with Gasteiger partial charge in [-0.3, -0.25) is 9.59 Å². The first-order chi connectivity index (χ1) is 10.5. The topological polar surface area (TPSA) is 98.7 Å². The number of hydrogen-bond donors (Lipinski definition) is 1. The van der Waals surface area contributed by atoms with Gasteiger partial charge in [0.05, 0.1) is 17.9 Å². The molecular formula is C15H15N3O4. The van der Waals surface area contributed by atoms with Crippen LogP contribution in [0.2, 0.25) is 0 Å². The smallest absolute Gasteiger partial charge is 0.264 e. The highest BCUT2D eigenvalue weighted by Crippen LogP contribution is 2.34. The average molecular weight is 301 g/mol. The Kier molecular flexibility index (Phi) is 3.32. The summed E-state index contributed by atoms with van der Waals surface area (Å²) >= 11 is 0. The molecule has 0 spiro atoms. The number of nitrogens with two attached hydrogens (primary N) is 1. The van der Waals surface area contributed by atoms with Crippen molar-refractivity contribution in [3.8, 4) is 5.75 Å². The highest BCUT2D eigenvalue weighted by Gasteiger charge is 2.34. The molecule has 0 unspecified atom stereocenters. The molecule has 7 nitrogen and oxygen atoms in total. The third-order valence-electron chi connectivity index (χ3n) is 3.58. The zero-order valence-electron chi connectivity index (χ0n) is 12.2. The van der Waals surface area contributed by atoms with Crippen molar-refractivity contribution >= 4 is 17.5 Å². The van der Waals surface area contributed by atoms with E-state index in [1.807, 2.05) is 0 Å². The molecule has 22 heavy (non-hydrogen) atoms. The first-order valence-electron chi connectivity index (χ1n) is 6.78. The zero-order valence-corrected chi connectivity index (χ0v) is 12.2. The number of carbonyl (C=O) groups excluding carboxylic acids is 2. The summed E-state index contributed by atoms with van der Waals surface area (Å²) in [4.78, 5) is 25.8. The van der Waals surface area contributed by atoms with Crippen LogP contribution in [0, 0.1) is 13.8 Å². The molecule has 1 atom stereocenters. The molecule has 3 rings (SSSR count). The minimum Gasteiger partial charge on any atom is -0.477 e. The van der Waals surface area contributed by atoms with Crippen molar-refractivity contribution in [3.63, 3.8) is 0 Å². The second-order valence-corrected chi connectivity index (χ2v) is 5.09. The normalized spacial score (nSPS) is 16.8. The molecule has 2 amide bonds. The van der Waals surface area contributed by atoms with E-state index < -0.39 is 12.0 Å². The molecule has 0 fully saturated rings. The van der Waals surface area contributed by atoms with E-state index in [2.05, 4.69) is 5.16 Å². The lowest BCUT2D eigenvalue weighted by Gasteiger charge is -2.33. The van der Waals surface area contributed by atoms with E-state index in [1.54, 1.807) is 38.1 Å². The fourth-order valence-electron chi connectivity index (χ4n) is 2.50. The van der Waals surface area contributed by atoms with Gasteiger partial charge in [-0.15, -0.1) is 0 Å². The molecule has 114 valence electrons. The molecule has 7 heteroatoms. The SMILES string of the molecule is Cc1noc(C)c1C(=O)N1C[C@@H](C(N)=O)Oc2ccccc21. The number of anilines is 1. The molecule has 1 aliphatic rings. The van der Waals surface area contributed by atoms with Crippen LogP contribution in [0.4, 0.5) is 5.69 Å². The van der Waals surface area contributed by atoms with Gasteiger partial charge in [-0.25, -0.2) is 0 Å². The van der Waals surface area contributed by atoms with Gasteiger partial charge in [-0.2, -0.15) is 0 Å². The fraction of sp³-hybridized carbons (Fsp3) is 0.267. The maximum atomic E-state index is 12.9. The number of benzene rings is 1. The molecule has 2 heterocycles. The van der Waals surface area contributed by atoms with Crippen LogP contribution in [-0.4, -0.2) is 29.6 Å². The third kappa shape index (κ3) is 2.20. The van der Waals surface area contributed by atoms with E-state index in [4.69, 9.17) is 15.0 Å². The lowest BCUT2D eigenvalue weighted by atomic mass is 10.1. The Balaban J connectivity index is 2.05. The number of carbonyl (C=O) groups is 2. The van der Waals surface area contributed by atoms with Crippen molar-refractivity contribution in [2.75, 3.05) is 11.4 Å². The van der Waals surface area contributed by atoms with Crippen molar-refractivity contribution in [2.24, 2.45) is 5.73 Å². The minimum atomic E-state index is -0.890. The van der Waals surface area contributed by atoms with Crippen LogP contribution in [0.5, 0.6) is 5.75 Å². The molecule has 1 aromatic carbocycles. The summed E-state index contributed by atoms with van der Waals surface area (Å²) in [5.74, 6) is -0.0379. The number of primary amides is 1. The lowest BCUT2D eigenvalue weighted by Crippen LogP contribution is -2.49. The Hall–Kier alpha value is -2.83. The van der Waals surface area contributed by atoms with Crippen LogP contribution in [0.1, 0.15) is 21.8 Å². The molecule has 0 saturated carbocycles. The third-order valence-corrected chi connectivity index (χ3v) is 3.58. The Morgan fingerprint density at radius 2 is 2.05 bits per heavy atom. The Bertz CT molecular complexity index is 733. The van der Waals surface area contributed by atoms with Gasteiger partial charge in [0.25, 0.3) is 11.8 Å². The number of ether oxygens (including phenoxy) is 1. The van der Waals surface area contributed by atoms with Crippen LogP contribution < -0.4 is 15.4 Å². The summed E-state index contributed by atoms with van der Waals surface area (Å²) in [6.45, 7) is 3.42.